The fraction of sp³-hybridized carbons (Fsp3) is 0.500. The molecule has 1 fully saturated rings. The van der Waals surface area contributed by atoms with Gasteiger partial charge in [-0.3, -0.25) is 9.69 Å². The Morgan fingerprint density at radius 1 is 1.11 bits per heavy atom. The van der Waals surface area contributed by atoms with Gasteiger partial charge in [0.15, 0.2) is 0 Å². The van der Waals surface area contributed by atoms with Crippen molar-refractivity contribution in [1.82, 2.24) is 14.4 Å². The van der Waals surface area contributed by atoms with Gasteiger partial charge in [0.25, 0.3) is 5.56 Å². The average molecular weight is 496 g/mol. The van der Waals surface area contributed by atoms with Crippen LogP contribution in [0.15, 0.2) is 41.2 Å². The lowest BCUT2D eigenvalue weighted by Gasteiger charge is -2.29. The molecule has 0 spiro atoms. The Morgan fingerprint density at radius 3 is 2.72 bits per heavy atom. The van der Waals surface area contributed by atoms with E-state index in [9.17, 15) is 9.59 Å². The first-order chi connectivity index (χ1) is 17.5. The first kappa shape index (κ1) is 26.0. The molecule has 0 N–H and O–H groups in total. The number of aromatic nitrogens is 1. The number of ether oxygens (including phenoxy) is 3. The second kappa shape index (κ2) is 12.2. The minimum Gasteiger partial charge on any atom is -0.496 e. The number of nitrogens with zero attached hydrogens (tertiary/aromatic N) is 3. The number of fused-ring (bicyclic) bond motifs is 1. The van der Waals surface area contributed by atoms with E-state index >= 15 is 0 Å². The Labute approximate surface area is 213 Å². The van der Waals surface area contributed by atoms with Crippen molar-refractivity contribution in [3.8, 4) is 11.5 Å². The minimum absolute atomic E-state index is 0.139. The van der Waals surface area contributed by atoms with Crippen molar-refractivity contribution >= 4 is 12.0 Å². The number of piperidine rings is 1. The van der Waals surface area contributed by atoms with Crippen LogP contribution in [0.5, 0.6) is 11.5 Å². The summed E-state index contributed by atoms with van der Waals surface area (Å²) in [6, 6.07) is 9.35. The molecule has 4 rings (SSSR count). The van der Waals surface area contributed by atoms with Crippen LogP contribution in [0.25, 0.3) is 6.08 Å². The van der Waals surface area contributed by atoms with E-state index in [1.807, 2.05) is 24.3 Å². The summed E-state index contributed by atoms with van der Waals surface area (Å²) >= 11 is 0. The molecule has 2 aromatic rings. The Morgan fingerprint density at radius 2 is 1.94 bits per heavy atom. The number of esters is 1. The van der Waals surface area contributed by atoms with Crippen LogP contribution in [0.2, 0.25) is 0 Å². The lowest BCUT2D eigenvalue weighted by atomic mass is 9.99. The third-order valence-electron chi connectivity index (χ3n) is 7.07. The lowest BCUT2D eigenvalue weighted by Crippen LogP contribution is -2.35. The van der Waals surface area contributed by atoms with Crippen molar-refractivity contribution in [2.75, 3.05) is 60.6 Å². The van der Waals surface area contributed by atoms with E-state index in [1.165, 1.54) is 13.2 Å². The third-order valence-corrected chi connectivity index (χ3v) is 7.07. The summed E-state index contributed by atoms with van der Waals surface area (Å²) in [5, 5.41) is 0. The molecule has 0 amide bonds. The largest absolute Gasteiger partial charge is 0.496 e. The van der Waals surface area contributed by atoms with Gasteiger partial charge < -0.3 is 23.7 Å². The van der Waals surface area contributed by atoms with Crippen LogP contribution in [-0.4, -0.2) is 80.9 Å². The Hall–Kier alpha value is -3.10. The number of carbonyl (C=O) groups is 1. The summed E-state index contributed by atoms with van der Waals surface area (Å²) in [7, 11) is 5.15. The predicted octanol–water partition coefficient (Wildman–Crippen LogP) is 2.94. The molecule has 3 heterocycles. The molecule has 8 nitrogen and oxygen atoms in total. The summed E-state index contributed by atoms with van der Waals surface area (Å²) in [5.41, 5.74) is 1.96. The zero-order valence-corrected chi connectivity index (χ0v) is 21.6. The van der Waals surface area contributed by atoms with Gasteiger partial charge in [0.05, 0.1) is 20.8 Å². The quantitative estimate of drug-likeness (QED) is 0.522. The first-order valence-corrected chi connectivity index (χ1v) is 12.7. The fourth-order valence-electron chi connectivity index (χ4n) is 5.16. The summed E-state index contributed by atoms with van der Waals surface area (Å²) < 4.78 is 18.4. The van der Waals surface area contributed by atoms with Gasteiger partial charge >= 0.3 is 5.97 Å². The third kappa shape index (κ3) is 6.17. The van der Waals surface area contributed by atoms with Crippen LogP contribution in [0.1, 0.15) is 34.5 Å². The van der Waals surface area contributed by atoms with E-state index < -0.39 is 5.97 Å². The minimum atomic E-state index is -0.459. The zero-order chi connectivity index (χ0) is 25.5. The van der Waals surface area contributed by atoms with Gasteiger partial charge in [-0.05, 0) is 32.5 Å². The van der Waals surface area contributed by atoms with Gasteiger partial charge in [0.1, 0.15) is 17.1 Å². The smallest absolute Gasteiger partial charge is 0.343 e. The molecule has 194 valence electrons. The number of methoxy groups -OCH3 is 2. The summed E-state index contributed by atoms with van der Waals surface area (Å²) in [6.45, 7) is 5.19. The van der Waals surface area contributed by atoms with E-state index in [4.69, 9.17) is 14.2 Å². The highest BCUT2D eigenvalue weighted by Gasteiger charge is 2.27. The lowest BCUT2D eigenvalue weighted by molar-refractivity contribution is 0.0590. The molecular weight excluding hydrogens is 458 g/mol. The Kier molecular flexibility index (Phi) is 8.83. The van der Waals surface area contributed by atoms with Gasteiger partial charge in [-0.15, -0.1) is 0 Å². The molecule has 1 aromatic carbocycles. The Balaban J connectivity index is 1.49. The highest BCUT2D eigenvalue weighted by Crippen LogP contribution is 2.26. The first-order valence-electron chi connectivity index (χ1n) is 12.7. The topological polar surface area (TPSA) is 73.2 Å². The summed E-state index contributed by atoms with van der Waals surface area (Å²) in [5.74, 6) is 1.09. The molecule has 1 saturated heterocycles. The molecule has 1 aromatic heterocycles. The van der Waals surface area contributed by atoms with Crippen LogP contribution >= 0.6 is 0 Å². The molecule has 2 aliphatic rings. The standard InChI is InChI=1S/C28H37N3O5/c1-29-13-6-8-21(19-29)20-36-25-18-26(32)31-17-16-30(15-12-23(31)27(25)28(33)35-3)14-7-10-22-9-4-5-11-24(22)34-2/h4-5,7,9-11,18,21H,6,8,12-17,19-20H2,1-3H3/b10-7+. The highest BCUT2D eigenvalue weighted by molar-refractivity contribution is 5.93. The number of likely N-dealkylation sites (tertiary alicyclic amines) is 1. The summed E-state index contributed by atoms with van der Waals surface area (Å²) in [4.78, 5) is 30.5. The molecule has 8 heteroatoms. The molecule has 0 bridgehead atoms. The predicted molar refractivity (Wildman–Crippen MR) is 140 cm³/mol. The maximum atomic E-state index is 13.1. The van der Waals surface area contributed by atoms with Gasteiger partial charge in [-0.2, -0.15) is 0 Å². The number of pyridine rings is 1. The molecule has 0 saturated carbocycles. The summed E-state index contributed by atoms with van der Waals surface area (Å²) in [6.07, 6.45) is 6.93. The Bertz CT molecular complexity index is 1140. The second-order valence-electron chi connectivity index (χ2n) is 9.59. The van der Waals surface area contributed by atoms with Crippen LogP contribution in [0.3, 0.4) is 0 Å². The molecule has 0 aliphatic carbocycles. The number of rotatable bonds is 8. The van der Waals surface area contributed by atoms with Crippen LogP contribution in [0.4, 0.5) is 0 Å². The molecule has 1 atom stereocenters. The van der Waals surface area contributed by atoms with E-state index in [-0.39, 0.29) is 5.56 Å². The van der Waals surface area contributed by atoms with Gasteiger partial charge in [0, 0.05) is 62.4 Å². The molecule has 36 heavy (non-hydrogen) atoms. The van der Waals surface area contributed by atoms with Gasteiger partial charge in [0.2, 0.25) is 0 Å². The molecule has 1 unspecified atom stereocenters. The zero-order valence-electron chi connectivity index (χ0n) is 21.6. The number of para-hydroxylation sites is 1. The number of hydrogen-bond acceptors (Lipinski definition) is 7. The molecule has 0 radical (unpaired) electrons. The normalized spacial score (nSPS) is 19.0. The van der Waals surface area contributed by atoms with E-state index in [2.05, 4.69) is 29.0 Å². The number of benzene rings is 1. The number of carbonyl (C=O) groups excluding carboxylic acids is 1. The monoisotopic (exact) mass is 495 g/mol. The van der Waals surface area contributed by atoms with E-state index in [0.29, 0.717) is 49.0 Å². The number of hydrogen-bond donors (Lipinski definition) is 0. The maximum Gasteiger partial charge on any atom is 0.343 e. The average Bonchev–Trinajstić information content (AvgIpc) is 3.10. The van der Waals surface area contributed by atoms with Crippen molar-refractivity contribution in [3.63, 3.8) is 0 Å². The SMILES string of the molecule is COC(=O)c1c(OCC2CCCN(C)C2)cc(=O)n2c1CCN(C/C=C/c1ccccc1OC)CC2. The van der Waals surface area contributed by atoms with Crippen molar-refractivity contribution in [1.29, 1.82) is 0 Å². The van der Waals surface area contributed by atoms with Crippen LogP contribution < -0.4 is 15.0 Å². The van der Waals surface area contributed by atoms with Crippen molar-refractivity contribution in [2.24, 2.45) is 5.92 Å². The van der Waals surface area contributed by atoms with Crippen LogP contribution in [0, 0.1) is 5.92 Å². The van der Waals surface area contributed by atoms with E-state index in [1.54, 1.807) is 11.7 Å². The van der Waals surface area contributed by atoms with Gasteiger partial charge in [-0.25, -0.2) is 4.79 Å². The maximum absolute atomic E-state index is 13.1. The van der Waals surface area contributed by atoms with Crippen molar-refractivity contribution in [3.05, 3.63) is 63.6 Å². The van der Waals surface area contributed by atoms with Crippen molar-refractivity contribution < 1.29 is 19.0 Å². The second-order valence-corrected chi connectivity index (χ2v) is 9.59. The van der Waals surface area contributed by atoms with Gasteiger partial charge in [-0.1, -0.05) is 30.4 Å². The molecule has 2 aliphatic heterocycles. The van der Waals surface area contributed by atoms with Crippen LogP contribution in [-0.2, 0) is 17.7 Å². The molecular formula is C28H37N3O5. The van der Waals surface area contributed by atoms with E-state index in [0.717, 1.165) is 50.3 Å². The fourth-order valence-corrected chi connectivity index (χ4v) is 5.16. The highest BCUT2D eigenvalue weighted by atomic mass is 16.5. The van der Waals surface area contributed by atoms with Crippen molar-refractivity contribution in [2.45, 2.75) is 25.8 Å².